The van der Waals surface area contributed by atoms with Crippen LogP contribution in [0.2, 0.25) is 0 Å². The van der Waals surface area contributed by atoms with Gasteiger partial charge in [0.25, 0.3) is 5.91 Å². The van der Waals surface area contributed by atoms with Crippen LogP contribution in [0.25, 0.3) is 0 Å². The van der Waals surface area contributed by atoms with Gasteiger partial charge in [0, 0.05) is 54.4 Å². The van der Waals surface area contributed by atoms with Gasteiger partial charge < -0.3 is 20.9 Å². The van der Waals surface area contributed by atoms with E-state index in [9.17, 15) is 9.18 Å². The summed E-state index contributed by atoms with van der Waals surface area (Å²) in [6.45, 7) is 5.74. The lowest BCUT2D eigenvalue weighted by Crippen LogP contribution is -2.44. The molecule has 8 heteroatoms. The predicted molar refractivity (Wildman–Crippen MR) is 127 cm³/mol. The highest BCUT2D eigenvalue weighted by Gasteiger charge is 2.32. The molecule has 1 unspecified atom stereocenters. The summed E-state index contributed by atoms with van der Waals surface area (Å²) in [6.07, 6.45) is 0.680. The Balaban J connectivity index is 1.53. The zero-order valence-corrected chi connectivity index (χ0v) is 18.7. The molecule has 1 atom stereocenters. The van der Waals surface area contributed by atoms with Gasteiger partial charge in [-0.05, 0) is 56.8 Å². The fraction of sp³-hybridized carbons (Fsp3) is 0.391. The number of nitrogens with two attached hydrogens (primary N) is 1. The molecule has 1 fully saturated rings. The second-order valence-electron chi connectivity index (χ2n) is 8.31. The molecule has 3 N–H and O–H groups in total. The minimum Gasteiger partial charge on any atom is -0.379 e. The van der Waals surface area contributed by atoms with Gasteiger partial charge in [0.1, 0.15) is 5.82 Å². The van der Waals surface area contributed by atoms with Gasteiger partial charge in [-0.1, -0.05) is 17.8 Å². The van der Waals surface area contributed by atoms with Crippen molar-refractivity contribution in [3.8, 4) is 0 Å². The van der Waals surface area contributed by atoms with E-state index in [1.165, 1.54) is 17.8 Å². The molecule has 0 aromatic heterocycles. The van der Waals surface area contributed by atoms with Crippen LogP contribution < -0.4 is 16.0 Å². The third kappa shape index (κ3) is 4.85. The quantitative estimate of drug-likeness (QED) is 0.760. The number of thioether (sulfide) groups is 1. The van der Waals surface area contributed by atoms with Crippen molar-refractivity contribution in [2.24, 2.45) is 10.7 Å². The number of carbonyl (C=O) groups excluding carboxylic acids is 1. The van der Waals surface area contributed by atoms with Crippen molar-refractivity contribution in [2.45, 2.75) is 18.9 Å². The Morgan fingerprint density at radius 2 is 1.97 bits per heavy atom. The molecular weight excluding hydrogens is 413 g/mol. The summed E-state index contributed by atoms with van der Waals surface area (Å²) in [6, 6.07) is 12.3. The number of nitrogens with zero attached hydrogens (tertiary/aromatic N) is 3. The lowest BCUT2D eigenvalue weighted by Gasteiger charge is -2.34. The fourth-order valence-electron chi connectivity index (χ4n) is 4.01. The average Bonchev–Trinajstić information content (AvgIpc) is 2.75. The van der Waals surface area contributed by atoms with Gasteiger partial charge in [0.2, 0.25) is 0 Å². The van der Waals surface area contributed by atoms with E-state index in [1.807, 2.05) is 25.1 Å². The monoisotopic (exact) mass is 441 g/mol. The molecule has 2 heterocycles. The number of carbonyl (C=O) groups is 1. The molecule has 0 saturated carbocycles. The molecule has 0 bridgehead atoms. The number of benzene rings is 2. The molecule has 2 aliphatic rings. The Bertz CT molecular complexity index is 1010. The number of amidine groups is 1. The first-order chi connectivity index (χ1) is 14.8. The van der Waals surface area contributed by atoms with E-state index in [0.717, 1.165) is 37.6 Å². The van der Waals surface area contributed by atoms with E-state index in [2.05, 4.69) is 27.2 Å². The summed E-state index contributed by atoms with van der Waals surface area (Å²) >= 11 is 1.48. The SMILES string of the molecule is CN1CCN(c2cccc(C(=O)Nc3ccc(F)c(C4(C)CCSC(N)=N4)c3)c2)CC1. The number of likely N-dealkylation sites (N-methyl/N-ethyl adjacent to an activating group) is 1. The van der Waals surface area contributed by atoms with Crippen molar-refractivity contribution in [1.29, 1.82) is 0 Å². The Morgan fingerprint density at radius 1 is 1.19 bits per heavy atom. The Morgan fingerprint density at radius 3 is 2.71 bits per heavy atom. The van der Waals surface area contributed by atoms with E-state index in [1.54, 1.807) is 18.2 Å². The third-order valence-corrected chi connectivity index (χ3v) is 6.77. The standard InChI is InChI=1S/C23H28FN5OS/c1-23(8-13-31-22(25)27-23)19-15-17(6-7-20(19)24)26-21(30)16-4-3-5-18(14-16)29-11-9-28(2)10-12-29/h3-7,14-15H,8-13H2,1-2H3,(H2,25,27)(H,26,30). The summed E-state index contributed by atoms with van der Waals surface area (Å²) in [5.74, 6) is 0.211. The largest absolute Gasteiger partial charge is 0.379 e. The summed E-state index contributed by atoms with van der Waals surface area (Å²) in [5, 5.41) is 3.37. The zero-order chi connectivity index (χ0) is 22.0. The number of amides is 1. The molecule has 31 heavy (non-hydrogen) atoms. The van der Waals surface area contributed by atoms with Gasteiger partial charge in [0.15, 0.2) is 5.17 Å². The number of halogens is 1. The lowest BCUT2D eigenvalue weighted by molar-refractivity contribution is 0.102. The summed E-state index contributed by atoms with van der Waals surface area (Å²) in [5.41, 5.74) is 7.75. The van der Waals surface area contributed by atoms with Crippen molar-refractivity contribution in [3.63, 3.8) is 0 Å². The molecule has 1 saturated heterocycles. The highest BCUT2D eigenvalue weighted by molar-refractivity contribution is 8.13. The first kappa shape index (κ1) is 21.6. The van der Waals surface area contributed by atoms with Gasteiger partial charge in [-0.2, -0.15) is 0 Å². The number of piperazine rings is 1. The first-order valence-electron chi connectivity index (χ1n) is 10.5. The summed E-state index contributed by atoms with van der Waals surface area (Å²) in [7, 11) is 2.12. The molecule has 0 aliphatic carbocycles. The minimum absolute atomic E-state index is 0.221. The third-order valence-electron chi connectivity index (χ3n) is 5.98. The van der Waals surface area contributed by atoms with E-state index in [-0.39, 0.29) is 11.7 Å². The Labute approximate surface area is 186 Å². The molecular formula is C23H28FN5OS. The van der Waals surface area contributed by atoms with Crippen LogP contribution in [-0.2, 0) is 5.54 Å². The summed E-state index contributed by atoms with van der Waals surface area (Å²) in [4.78, 5) is 22.0. The maximum absolute atomic E-state index is 14.6. The fourth-order valence-corrected chi connectivity index (χ4v) is 4.98. The Kier molecular flexibility index (Phi) is 6.20. The number of anilines is 2. The lowest BCUT2D eigenvalue weighted by atomic mass is 9.89. The smallest absolute Gasteiger partial charge is 0.255 e. The molecule has 2 aliphatic heterocycles. The number of nitrogens with one attached hydrogen (secondary N) is 1. The molecule has 6 nitrogen and oxygen atoms in total. The number of rotatable bonds is 4. The van der Waals surface area contributed by atoms with Crippen molar-refractivity contribution in [3.05, 3.63) is 59.4 Å². The normalized spacial score (nSPS) is 22.2. The van der Waals surface area contributed by atoms with Crippen LogP contribution in [0.4, 0.5) is 15.8 Å². The second-order valence-corrected chi connectivity index (χ2v) is 9.43. The number of hydrogen-bond donors (Lipinski definition) is 2. The van der Waals surface area contributed by atoms with Crippen LogP contribution >= 0.6 is 11.8 Å². The van der Waals surface area contributed by atoms with E-state index in [0.29, 0.717) is 28.4 Å². The predicted octanol–water partition coefficient (Wildman–Crippen LogP) is 3.50. The molecule has 0 radical (unpaired) electrons. The number of hydrogen-bond acceptors (Lipinski definition) is 6. The summed E-state index contributed by atoms with van der Waals surface area (Å²) < 4.78 is 14.6. The van der Waals surface area contributed by atoms with Crippen LogP contribution in [0.1, 0.15) is 29.3 Å². The van der Waals surface area contributed by atoms with E-state index in [4.69, 9.17) is 5.73 Å². The van der Waals surface area contributed by atoms with Gasteiger partial charge in [-0.15, -0.1) is 0 Å². The van der Waals surface area contributed by atoms with Crippen LogP contribution in [0.15, 0.2) is 47.5 Å². The second kappa shape index (κ2) is 8.88. The van der Waals surface area contributed by atoms with Gasteiger partial charge in [0.05, 0.1) is 5.54 Å². The highest BCUT2D eigenvalue weighted by atomic mass is 32.2. The highest BCUT2D eigenvalue weighted by Crippen LogP contribution is 2.37. The molecule has 2 aromatic carbocycles. The van der Waals surface area contributed by atoms with Crippen molar-refractivity contribution < 1.29 is 9.18 Å². The zero-order valence-electron chi connectivity index (χ0n) is 17.9. The minimum atomic E-state index is -0.735. The molecule has 0 spiro atoms. The molecule has 164 valence electrons. The van der Waals surface area contributed by atoms with Crippen molar-refractivity contribution in [2.75, 3.05) is 49.2 Å². The van der Waals surface area contributed by atoms with Crippen LogP contribution in [0.3, 0.4) is 0 Å². The van der Waals surface area contributed by atoms with Gasteiger partial charge in [-0.3, -0.25) is 9.79 Å². The van der Waals surface area contributed by atoms with Crippen molar-refractivity contribution in [1.82, 2.24) is 4.90 Å². The van der Waals surface area contributed by atoms with Crippen LogP contribution in [-0.4, -0.2) is 55.0 Å². The topological polar surface area (TPSA) is 74.0 Å². The molecule has 2 aromatic rings. The maximum atomic E-state index is 14.6. The maximum Gasteiger partial charge on any atom is 0.255 e. The Hall–Kier alpha value is -2.58. The van der Waals surface area contributed by atoms with Gasteiger partial charge in [-0.25, -0.2) is 4.39 Å². The molecule has 4 rings (SSSR count). The first-order valence-corrected chi connectivity index (χ1v) is 11.5. The average molecular weight is 442 g/mol. The van der Waals surface area contributed by atoms with Crippen molar-refractivity contribution >= 4 is 34.2 Å². The van der Waals surface area contributed by atoms with Crippen LogP contribution in [0.5, 0.6) is 0 Å². The van der Waals surface area contributed by atoms with E-state index < -0.39 is 5.54 Å². The molecule has 1 amide bonds. The number of aliphatic imine (C=N–C) groups is 1. The van der Waals surface area contributed by atoms with Crippen LogP contribution in [0, 0.1) is 5.82 Å². The van der Waals surface area contributed by atoms with E-state index >= 15 is 0 Å². The van der Waals surface area contributed by atoms with Gasteiger partial charge >= 0.3 is 0 Å².